The summed E-state index contributed by atoms with van der Waals surface area (Å²) in [5, 5.41) is 13.0. The van der Waals surface area contributed by atoms with Crippen LogP contribution in [0.15, 0.2) is 65.0 Å². The van der Waals surface area contributed by atoms with Gasteiger partial charge in [0.1, 0.15) is 10.9 Å². The maximum Gasteiger partial charge on any atom is 0.186 e. The Morgan fingerprint density at radius 3 is 2.71 bits per heavy atom. The van der Waals surface area contributed by atoms with Gasteiger partial charge < -0.3 is 4.57 Å². The molecular formula is C24H18ClN3OS2. The fraction of sp³-hybridized carbons (Fsp3) is 0.125. The topological polar surface area (TPSA) is 58.7 Å². The van der Waals surface area contributed by atoms with Crippen molar-refractivity contribution in [3.8, 4) is 0 Å². The first-order valence-electron chi connectivity index (χ1n) is 9.77. The first-order chi connectivity index (χ1) is 15.0. The average Bonchev–Trinajstić information content (AvgIpc) is 3.44. The van der Waals surface area contributed by atoms with E-state index in [4.69, 9.17) is 17.0 Å². The van der Waals surface area contributed by atoms with E-state index in [1.807, 2.05) is 47.9 Å². The molecule has 1 aliphatic rings. The van der Waals surface area contributed by atoms with Crippen LogP contribution in [0.2, 0.25) is 5.02 Å². The Balaban J connectivity index is 1.58. The Hall–Kier alpha value is -2.67. The number of thiazole rings is 1. The molecule has 1 N–H and O–H groups in total. The lowest BCUT2D eigenvalue weighted by atomic mass is 10.0. The molecule has 0 unspecified atom stereocenters. The molecule has 0 bridgehead atoms. The number of Topliss-reactive ketones (excluding diaryl/α,β-unsaturated/α-hetero) is 1. The number of allylic oxidation sites excluding steroid dienone is 1. The summed E-state index contributed by atoms with van der Waals surface area (Å²) in [6.07, 6.45) is 3.63. The summed E-state index contributed by atoms with van der Waals surface area (Å²) in [6.45, 7) is 2.79. The number of hydrogen-bond acceptors (Lipinski definition) is 5. The second-order valence-corrected chi connectivity index (χ2v) is 9.82. The molecule has 0 amide bonds. The van der Waals surface area contributed by atoms with Crippen molar-refractivity contribution >= 4 is 62.5 Å². The molecule has 4 aromatic rings. The zero-order chi connectivity index (χ0) is 21.5. The van der Waals surface area contributed by atoms with E-state index in [0.717, 1.165) is 32.7 Å². The zero-order valence-electron chi connectivity index (χ0n) is 16.6. The number of hydrogen-bond donors (Lipinski definition) is 1. The molecule has 2 aromatic carbocycles. The van der Waals surface area contributed by atoms with E-state index in [-0.39, 0.29) is 5.78 Å². The van der Waals surface area contributed by atoms with E-state index in [2.05, 4.69) is 28.6 Å². The molecule has 1 fully saturated rings. The van der Waals surface area contributed by atoms with Crippen LogP contribution in [0.4, 0.5) is 0 Å². The number of nitrogens with one attached hydrogen (secondary N) is 1. The number of nitrogens with zero attached hydrogens (tertiary/aromatic N) is 2. The number of carbonyl (C=O) groups is 1. The maximum atomic E-state index is 13.1. The van der Waals surface area contributed by atoms with Crippen molar-refractivity contribution in [3.63, 3.8) is 0 Å². The third-order valence-corrected chi connectivity index (χ3v) is 7.58. The van der Waals surface area contributed by atoms with Crippen LogP contribution >= 0.6 is 34.7 Å². The van der Waals surface area contributed by atoms with E-state index >= 15 is 0 Å². The fourth-order valence-electron chi connectivity index (χ4n) is 3.94. The Morgan fingerprint density at radius 1 is 1.19 bits per heavy atom. The normalized spacial score (nSPS) is 17.9. The van der Waals surface area contributed by atoms with Crippen molar-refractivity contribution in [1.29, 1.82) is 5.41 Å². The predicted molar refractivity (Wildman–Crippen MR) is 130 cm³/mol. The Kier molecular flexibility index (Phi) is 5.30. The van der Waals surface area contributed by atoms with Gasteiger partial charge in [0.15, 0.2) is 5.78 Å². The lowest BCUT2D eigenvalue weighted by Gasteiger charge is -2.09. The van der Waals surface area contributed by atoms with E-state index in [0.29, 0.717) is 21.5 Å². The van der Waals surface area contributed by atoms with Gasteiger partial charge in [-0.3, -0.25) is 10.2 Å². The Labute approximate surface area is 193 Å². The molecule has 0 aliphatic carbocycles. The third kappa shape index (κ3) is 3.65. The number of benzene rings is 2. The van der Waals surface area contributed by atoms with Crippen molar-refractivity contribution in [2.75, 3.05) is 0 Å². The van der Waals surface area contributed by atoms with Gasteiger partial charge in [0.25, 0.3) is 0 Å². The minimum Gasteiger partial charge on any atom is -0.340 e. The van der Waals surface area contributed by atoms with Crippen LogP contribution in [0.25, 0.3) is 17.0 Å². The molecule has 0 radical (unpaired) electrons. The molecule has 1 aliphatic heterocycles. The van der Waals surface area contributed by atoms with Crippen LogP contribution in [0.5, 0.6) is 0 Å². The molecule has 1 saturated heterocycles. The van der Waals surface area contributed by atoms with Crippen molar-refractivity contribution in [1.82, 2.24) is 9.55 Å². The van der Waals surface area contributed by atoms with Gasteiger partial charge >= 0.3 is 0 Å². The summed E-state index contributed by atoms with van der Waals surface area (Å²) >= 11 is 8.71. The Morgan fingerprint density at radius 2 is 1.97 bits per heavy atom. The molecule has 31 heavy (non-hydrogen) atoms. The van der Waals surface area contributed by atoms with Gasteiger partial charge in [-0.25, -0.2) is 4.98 Å². The second-order valence-electron chi connectivity index (χ2n) is 7.37. The van der Waals surface area contributed by atoms with Crippen LogP contribution < -0.4 is 0 Å². The van der Waals surface area contributed by atoms with Gasteiger partial charge in [-0.05, 0) is 36.8 Å². The van der Waals surface area contributed by atoms with E-state index in [1.54, 1.807) is 6.20 Å². The lowest BCUT2D eigenvalue weighted by molar-refractivity contribution is -0.114. The number of thioether (sulfide) groups is 1. The first-order valence-corrected chi connectivity index (χ1v) is 11.8. The number of fused-ring (bicyclic) bond motifs is 1. The monoisotopic (exact) mass is 463 g/mol. The zero-order valence-corrected chi connectivity index (χ0v) is 19.0. The van der Waals surface area contributed by atoms with Crippen molar-refractivity contribution in [2.45, 2.75) is 19.4 Å². The smallest absolute Gasteiger partial charge is 0.186 e. The van der Waals surface area contributed by atoms with Crippen molar-refractivity contribution in [2.24, 2.45) is 0 Å². The van der Waals surface area contributed by atoms with Gasteiger partial charge in [-0.15, -0.1) is 11.3 Å². The van der Waals surface area contributed by atoms with Crippen molar-refractivity contribution < 1.29 is 4.79 Å². The molecule has 0 spiro atoms. The number of para-hydroxylation sites is 1. The van der Waals surface area contributed by atoms with Crippen molar-refractivity contribution in [3.05, 3.63) is 91.9 Å². The fourth-order valence-corrected chi connectivity index (χ4v) is 5.85. The average molecular weight is 464 g/mol. The number of aromatic nitrogens is 2. The number of carbonyl (C=O) groups excluding carboxylic acids is 1. The summed E-state index contributed by atoms with van der Waals surface area (Å²) in [5.74, 6) is -0.613. The predicted octanol–water partition coefficient (Wildman–Crippen LogP) is 6.53. The third-order valence-electron chi connectivity index (χ3n) is 5.49. The minimum atomic E-state index is -0.570. The van der Waals surface area contributed by atoms with Crippen LogP contribution in [0.1, 0.15) is 27.7 Å². The molecule has 0 saturated carbocycles. The van der Waals surface area contributed by atoms with Crippen LogP contribution in [0, 0.1) is 12.3 Å². The van der Waals surface area contributed by atoms with Gasteiger partial charge in [0, 0.05) is 45.3 Å². The quantitative estimate of drug-likeness (QED) is 0.350. The summed E-state index contributed by atoms with van der Waals surface area (Å²) in [6, 6.07) is 16.1. The number of ketones is 1. The SMILES string of the molecule is Cc1c(/C=C2\SC(=N)[C@H](c3nccs3)C2=O)c2ccccc2n1Cc1ccc(Cl)cc1. The summed E-state index contributed by atoms with van der Waals surface area (Å²) in [7, 11) is 0. The minimum absolute atomic E-state index is 0.0427. The standard InChI is InChI=1S/C24H18ClN3OS2/c1-14-18(12-20-22(29)21(23(26)31-20)24-27-10-11-30-24)17-4-2-3-5-19(17)28(14)13-15-6-8-16(25)9-7-15/h2-12,21,26H,13H2,1H3/b20-12-,26-23?/t21-/m1/s1. The number of halogens is 1. The largest absolute Gasteiger partial charge is 0.340 e. The van der Waals surface area contributed by atoms with Gasteiger partial charge in [-0.1, -0.05) is 53.7 Å². The molecule has 4 nitrogen and oxygen atoms in total. The molecule has 154 valence electrons. The second kappa shape index (κ2) is 8.11. The van der Waals surface area contributed by atoms with E-state index in [1.165, 1.54) is 23.1 Å². The van der Waals surface area contributed by atoms with E-state index < -0.39 is 5.92 Å². The first kappa shape index (κ1) is 20.2. The maximum absolute atomic E-state index is 13.1. The van der Waals surface area contributed by atoms with Gasteiger partial charge in [0.05, 0.1) is 9.95 Å². The molecule has 3 heterocycles. The van der Waals surface area contributed by atoms with Crippen LogP contribution in [-0.2, 0) is 11.3 Å². The van der Waals surface area contributed by atoms with E-state index in [9.17, 15) is 4.79 Å². The molecule has 2 aromatic heterocycles. The molecular weight excluding hydrogens is 446 g/mol. The molecule has 5 rings (SSSR count). The summed E-state index contributed by atoms with van der Waals surface area (Å²) in [4.78, 5) is 18.0. The van der Waals surface area contributed by atoms with Crippen LogP contribution in [0.3, 0.4) is 0 Å². The Bertz CT molecular complexity index is 1340. The van der Waals surface area contributed by atoms with Gasteiger partial charge in [-0.2, -0.15) is 0 Å². The summed E-state index contributed by atoms with van der Waals surface area (Å²) in [5.41, 5.74) is 4.38. The molecule has 7 heteroatoms. The highest BCUT2D eigenvalue weighted by Crippen LogP contribution is 2.42. The highest BCUT2D eigenvalue weighted by atomic mass is 35.5. The van der Waals surface area contributed by atoms with Crippen LogP contribution in [-0.4, -0.2) is 20.4 Å². The summed E-state index contributed by atoms with van der Waals surface area (Å²) < 4.78 is 2.26. The highest BCUT2D eigenvalue weighted by Gasteiger charge is 2.38. The lowest BCUT2D eigenvalue weighted by Crippen LogP contribution is -2.11. The molecule has 1 atom stereocenters. The van der Waals surface area contributed by atoms with Gasteiger partial charge in [0.2, 0.25) is 0 Å². The number of rotatable bonds is 4. The highest BCUT2D eigenvalue weighted by molar-refractivity contribution is 8.19.